The summed E-state index contributed by atoms with van der Waals surface area (Å²) in [6.07, 6.45) is 3.20. The summed E-state index contributed by atoms with van der Waals surface area (Å²) in [7, 11) is 1.58. The first kappa shape index (κ1) is 18.7. The van der Waals surface area contributed by atoms with Crippen molar-refractivity contribution >= 4 is 22.4 Å². The fourth-order valence-electron chi connectivity index (χ4n) is 2.99. The van der Waals surface area contributed by atoms with Crippen LogP contribution < -0.4 is 10.1 Å². The van der Waals surface area contributed by atoms with E-state index >= 15 is 0 Å². The molecule has 0 unspecified atom stereocenters. The molecule has 0 saturated carbocycles. The average molecular weight is 367 g/mol. The number of amides is 1. The topological polar surface area (TPSA) is 51.5 Å². The minimum Gasteiger partial charge on any atom is -0.496 e. The Kier molecular flexibility index (Phi) is 5.31. The van der Waals surface area contributed by atoms with E-state index in [-0.39, 0.29) is 17.8 Å². The lowest BCUT2D eigenvalue weighted by Crippen LogP contribution is -2.28. The maximum Gasteiger partial charge on any atom is 0.244 e. The van der Waals surface area contributed by atoms with Crippen molar-refractivity contribution in [3.63, 3.8) is 0 Å². The van der Waals surface area contributed by atoms with Crippen LogP contribution in [0.4, 0.5) is 4.39 Å². The molecule has 3 rings (SSSR count). The third-order valence-corrected chi connectivity index (χ3v) is 4.25. The molecule has 0 aliphatic heterocycles. The van der Waals surface area contributed by atoms with Crippen molar-refractivity contribution in [3.05, 3.63) is 60.1 Å². The number of hydrogen-bond acceptors (Lipinski definition) is 3. The van der Waals surface area contributed by atoms with Crippen LogP contribution in [-0.2, 0) is 4.79 Å². The van der Waals surface area contributed by atoms with Crippen molar-refractivity contribution in [1.29, 1.82) is 0 Å². The Bertz CT molecular complexity index is 1000. The molecule has 1 amide bonds. The van der Waals surface area contributed by atoms with Crippen LogP contribution in [-0.4, -0.2) is 19.1 Å². The van der Waals surface area contributed by atoms with Crippen molar-refractivity contribution in [2.75, 3.05) is 7.11 Å². The number of halogens is 1. The van der Waals surface area contributed by atoms with E-state index in [0.717, 1.165) is 27.6 Å². The molecular formula is C22H22FNO3. The first-order valence-electron chi connectivity index (χ1n) is 8.73. The first-order chi connectivity index (χ1) is 12.9. The lowest BCUT2D eigenvalue weighted by Gasteiger charge is -2.11. The predicted octanol–water partition coefficient (Wildman–Crippen LogP) is 5.18. The van der Waals surface area contributed by atoms with E-state index in [1.54, 1.807) is 37.6 Å². The molecule has 0 aliphatic carbocycles. The van der Waals surface area contributed by atoms with E-state index in [0.29, 0.717) is 11.3 Å². The summed E-state index contributed by atoms with van der Waals surface area (Å²) in [4.78, 5) is 12.1. The zero-order valence-electron chi connectivity index (χ0n) is 15.8. The van der Waals surface area contributed by atoms with Crippen LogP contribution in [0.25, 0.3) is 27.7 Å². The molecule has 0 radical (unpaired) electrons. The molecule has 2 aromatic carbocycles. The average Bonchev–Trinajstić information content (AvgIpc) is 3.03. The summed E-state index contributed by atoms with van der Waals surface area (Å²) in [6.45, 7) is 5.68. The van der Waals surface area contributed by atoms with Crippen LogP contribution in [0, 0.1) is 5.82 Å². The summed E-state index contributed by atoms with van der Waals surface area (Å²) < 4.78 is 24.4. The van der Waals surface area contributed by atoms with Gasteiger partial charge in [0.25, 0.3) is 0 Å². The molecule has 4 nitrogen and oxygen atoms in total. The Labute approximate surface area is 157 Å². The zero-order valence-corrected chi connectivity index (χ0v) is 15.8. The molecule has 1 heterocycles. The van der Waals surface area contributed by atoms with Gasteiger partial charge in [0.15, 0.2) is 0 Å². The molecule has 0 spiro atoms. The molecule has 1 N–H and O–H groups in total. The number of benzene rings is 2. The fourth-order valence-corrected chi connectivity index (χ4v) is 2.99. The highest BCUT2D eigenvalue weighted by atomic mass is 19.1. The van der Waals surface area contributed by atoms with Gasteiger partial charge in [0.2, 0.25) is 5.91 Å². The Hall–Kier alpha value is -3.08. The third kappa shape index (κ3) is 4.03. The largest absolute Gasteiger partial charge is 0.496 e. The minimum absolute atomic E-state index is 0.0601. The number of nitrogens with one attached hydrogen (secondary N) is 1. The summed E-state index contributed by atoms with van der Waals surface area (Å²) in [6, 6.07) is 10.1. The molecule has 0 fully saturated rings. The molecule has 0 bridgehead atoms. The van der Waals surface area contributed by atoms with Crippen molar-refractivity contribution in [1.82, 2.24) is 5.32 Å². The Morgan fingerprint density at radius 3 is 2.56 bits per heavy atom. The van der Waals surface area contributed by atoms with Crippen LogP contribution in [0.2, 0.25) is 0 Å². The summed E-state index contributed by atoms with van der Waals surface area (Å²) in [5.41, 5.74) is 3.94. The number of fused-ring (bicyclic) bond motifs is 1. The first-order valence-corrected chi connectivity index (χ1v) is 8.73. The Balaban J connectivity index is 2.09. The molecule has 27 heavy (non-hydrogen) atoms. The summed E-state index contributed by atoms with van der Waals surface area (Å²) in [5.74, 6) is 0.174. The van der Waals surface area contributed by atoms with Crippen molar-refractivity contribution in [3.8, 4) is 16.9 Å². The van der Waals surface area contributed by atoms with E-state index in [9.17, 15) is 9.18 Å². The molecule has 1 aromatic heterocycles. The second kappa shape index (κ2) is 7.66. The smallest absolute Gasteiger partial charge is 0.244 e. The maximum absolute atomic E-state index is 13.2. The Morgan fingerprint density at radius 2 is 1.93 bits per heavy atom. The van der Waals surface area contributed by atoms with Crippen LogP contribution in [0.1, 0.15) is 26.3 Å². The molecule has 0 atom stereocenters. The highest BCUT2D eigenvalue weighted by Gasteiger charge is 2.15. The molecule has 5 heteroatoms. The lowest BCUT2D eigenvalue weighted by molar-refractivity contribution is -0.116. The van der Waals surface area contributed by atoms with E-state index in [2.05, 4.69) is 5.32 Å². The summed E-state index contributed by atoms with van der Waals surface area (Å²) in [5, 5.41) is 3.72. The van der Waals surface area contributed by atoms with Gasteiger partial charge in [0.05, 0.1) is 13.4 Å². The van der Waals surface area contributed by atoms with Gasteiger partial charge in [-0.1, -0.05) is 12.1 Å². The van der Waals surface area contributed by atoms with Crippen LogP contribution in [0.5, 0.6) is 5.75 Å². The van der Waals surface area contributed by atoms with Gasteiger partial charge in [-0.15, -0.1) is 0 Å². The molecule has 140 valence electrons. The number of furan rings is 1. The molecular weight excluding hydrogens is 345 g/mol. The number of methoxy groups -OCH3 is 1. The normalized spacial score (nSPS) is 11.9. The third-order valence-electron chi connectivity index (χ3n) is 4.25. The van der Waals surface area contributed by atoms with Gasteiger partial charge in [-0.2, -0.15) is 0 Å². The van der Waals surface area contributed by atoms with Crippen LogP contribution >= 0.6 is 0 Å². The molecule has 3 aromatic rings. The van der Waals surface area contributed by atoms with Gasteiger partial charge >= 0.3 is 0 Å². The van der Waals surface area contributed by atoms with Gasteiger partial charge in [-0.3, -0.25) is 4.79 Å². The van der Waals surface area contributed by atoms with Gasteiger partial charge in [-0.25, -0.2) is 4.39 Å². The van der Waals surface area contributed by atoms with Gasteiger partial charge in [0, 0.05) is 34.7 Å². The van der Waals surface area contributed by atoms with Crippen LogP contribution in [0.3, 0.4) is 0 Å². The second-order valence-electron chi connectivity index (χ2n) is 6.70. The standard InChI is InChI=1S/C22H22FNO3/c1-13(2)24-22(25)9-14(3)17-10-18-19(15-5-7-16(23)8-6-15)12-27-21(18)11-20(17)26-4/h5-13H,1-4H3,(H,24,25)/b14-9+. The number of rotatable bonds is 5. The number of ether oxygens (including phenoxy) is 1. The highest BCUT2D eigenvalue weighted by molar-refractivity contribution is 6.00. The second-order valence-corrected chi connectivity index (χ2v) is 6.70. The van der Waals surface area contributed by atoms with E-state index in [4.69, 9.17) is 9.15 Å². The van der Waals surface area contributed by atoms with E-state index < -0.39 is 0 Å². The minimum atomic E-state index is -0.288. The van der Waals surface area contributed by atoms with Crippen molar-refractivity contribution in [2.45, 2.75) is 26.8 Å². The Morgan fingerprint density at radius 1 is 1.22 bits per heavy atom. The SMILES string of the molecule is COc1cc2occ(-c3ccc(F)cc3)c2cc1/C(C)=C/C(=O)NC(C)C. The number of carbonyl (C=O) groups excluding carboxylic acids is 1. The van der Waals surface area contributed by atoms with Crippen molar-refractivity contribution < 1.29 is 18.3 Å². The van der Waals surface area contributed by atoms with Crippen molar-refractivity contribution in [2.24, 2.45) is 0 Å². The monoisotopic (exact) mass is 367 g/mol. The number of allylic oxidation sites excluding steroid dienone is 1. The van der Waals surface area contributed by atoms with E-state index in [1.165, 1.54) is 12.1 Å². The number of hydrogen-bond donors (Lipinski definition) is 1. The van der Waals surface area contributed by atoms with Gasteiger partial charge < -0.3 is 14.5 Å². The molecule has 0 saturated heterocycles. The fraction of sp³-hybridized carbons (Fsp3) is 0.227. The predicted molar refractivity (Wildman–Crippen MR) is 105 cm³/mol. The zero-order chi connectivity index (χ0) is 19.6. The van der Waals surface area contributed by atoms with E-state index in [1.807, 2.05) is 26.8 Å². The van der Waals surface area contributed by atoms with Crippen LogP contribution in [0.15, 0.2) is 53.2 Å². The molecule has 0 aliphatic rings. The summed E-state index contributed by atoms with van der Waals surface area (Å²) >= 11 is 0. The van der Waals surface area contributed by atoms with Gasteiger partial charge in [0.1, 0.15) is 17.1 Å². The highest BCUT2D eigenvalue weighted by Crippen LogP contribution is 2.37. The quantitative estimate of drug-likeness (QED) is 0.633. The van der Waals surface area contributed by atoms with Gasteiger partial charge in [-0.05, 0) is 50.1 Å². The lowest BCUT2D eigenvalue weighted by atomic mass is 9.99. The number of carbonyl (C=O) groups is 1. The maximum atomic E-state index is 13.2.